The van der Waals surface area contributed by atoms with Gasteiger partial charge in [-0.2, -0.15) is 0 Å². The van der Waals surface area contributed by atoms with E-state index in [1.807, 2.05) is 0 Å². The molecule has 1 fully saturated rings. The molecule has 2 amide bonds. The average Bonchev–Trinajstić information content (AvgIpc) is 2.88. The molecule has 3 aromatic carbocycles. The van der Waals surface area contributed by atoms with Crippen molar-refractivity contribution in [2.75, 3.05) is 10.6 Å². The van der Waals surface area contributed by atoms with E-state index < -0.39 is 17.8 Å². The number of carbonyl (C=O) groups is 3. The summed E-state index contributed by atoms with van der Waals surface area (Å²) in [4.78, 5) is 37.4. The van der Waals surface area contributed by atoms with Crippen LogP contribution >= 0.6 is 23.2 Å². The number of amides is 2. The van der Waals surface area contributed by atoms with Gasteiger partial charge < -0.3 is 15.7 Å². The van der Waals surface area contributed by atoms with Gasteiger partial charge in [-0.05, 0) is 66.8 Å². The second-order valence-corrected chi connectivity index (χ2v) is 10.1. The molecule has 8 heteroatoms. The Morgan fingerprint density at radius 3 is 2.14 bits per heavy atom. The van der Waals surface area contributed by atoms with Crippen molar-refractivity contribution in [3.63, 3.8) is 0 Å². The van der Waals surface area contributed by atoms with Crippen LogP contribution in [0.3, 0.4) is 0 Å². The van der Waals surface area contributed by atoms with Gasteiger partial charge in [-0.15, -0.1) is 0 Å². The van der Waals surface area contributed by atoms with Gasteiger partial charge in [0.15, 0.2) is 0 Å². The van der Waals surface area contributed by atoms with Crippen molar-refractivity contribution in [2.24, 2.45) is 5.92 Å². The molecule has 0 aromatic heterocycles. The van der Waals surface area contributed by atoms with Gasteiger partial charge in [0.2, 0.25) is 5.91 Å². The average molecular weight is 539 g/mol. The molecule has 0 aliphatic heterocycles. The molecule has 0 radical (unpaired) electrons. The van der Waals surface area contributed by atoms with E-state index in [-0.39, 0.29) is 33.9 Å². The summed E-state index contributed by atoms with van der Waals surface area (Å²) >= 11 is 12.2. The molecule has 6 nitrogen and oxygen atoms in total. The summed E-state index contributed by atoms with van der Waals surface area (Å²) in [6, 6.07) is 18.8. The number of hydrogen-bond donors (Lipinski definition) is 3. The molecule has 192 valence electrons. The number of carbonyl (C=O) groups excluding carboxylic acids is 2. The van der Waals surface area contributed by atoms with Crippen molar-refractivity contribution < 1.29 is 19.5 Å². The summed E-state index contributed by atoms with van der Waals surface area (Å²) in [6.07, 6.45) is 5.34. The molecule has 1 atom stereocenters. The number of carboxylic acids is 1. The molecule has 1 aliphatic rings. The minimum atomic E-state index is -0.957. The highest BCUT2D eigenvalue weighted by molar-refractivity contribution is 6.40. The Labute approximate surface area is 226 Å². The fourth-order valence-corrected chi connectivity index (χ4v) is 5.23. The maximum absolute atomic E-state index is 12.6. The lowest BCUT2D eigenvalue weighted by Crippen LogP contribution is -2.24. The van der Waals surface area contributed by atoms with Gasteiger partial charge in [-0.3, -0.25) is 14.4 Å². The smallest absolute Gasteiger partial charge is 0.311 e. The highest BCUT2D eigenvalue weighted by Gasteiger charge is 2.23. The number of hydrogen-bond acceptors (Lipinski definition) is 3. The maximum atomic E-state index is 12.6. The quantitative estimate of drug-likeness (QED) is 0.283. The van der Waals surface area contributed by atoms with Gasteiger partial charge in [0.25, 0.3) is 5.91 Å². The fourth-order valence-electron chi connectivity index (χ4n) is 4.66. The van der Waals surface area contributed by atoms with Crippen molar-refractivity contribution in [3.05, 3.63) is 93.5 Å². The Hall–Kier alpha value is -3.35. The highest BCUT2D eigenvalue weighted by atomic mass is 35.5. The molecule has 4 rings (SSSR count). The number of anilines is 2. The van der Waals surface area contributed by atoms with Crippen LogP contribution in [0.5, 0.6) is 0 Å². The van der Waals surface area contributed by atoms with Crippen LogP contribution in [0.2, 0.25) is 10.0 Å². The number of halogens is 2. The van der Waals surface area contributed by atoms with Crippen LogP contribution in [0, 0.1) is 5.92 Å². The Balaban J connectivity index is 1.43. The molecule has 0 heterocycles. The van der Waals surface area contributed by atoms with Crippen LogP contribution in [0.4, 0.5) is 11.4 Å². The van der Waals surface area contributed by atoms with Crippen molar-refractivity contribution in [2.45, 2.75) is 44.4 Å². The minimum Gasteiger partial charge on any atom is -0.481 e. The predicted octanol–water partition coefficient (Wildman–Crippen LogP) is 7.18. The number of nitrogens with one attached hydrogen (secondary N) is 2. The molecule has 1 aliphatic carbocycles. The first kappa shape index (κ1) is 26.7. The molecule has 3 N–H and O–H groups in total. The minimum absolute atomic E-state index is 0.000520. The van der Waals surface area contributed by atoms with Crippen LogP contribution in [-0.2, 0) is 16.0 Å². The first-order valence-electron chi connectivity index (χ1n) is 12.3. The first-order chi connectivity index (χ1) is 17.8. The number of aliphatic carboxylic acids is 1. The second kappa shape index (κ2) is 12.3. The van der Waals surface area contributed by atoms with Crippen molar-refractivity contribution in [3.8, 4) is 0 Å². The summed E-state index contributed by atoms with van der Waals surface area (Å²) in [6.45, 7) is 0. The summed E-state index contributed by atoms with van der Waals surface area (Å²) < 4.78 is 0. The zero-order valence-corrected chi connectivity index (χ0v) is 21.7. The fraction of sp³-hybridized carbons (Fsp3) is 0.276. The molecular formula is C29H28Cl2N2O4. The summed E-state index contributed by atoms with van der Waals surface area (Å²) in [5, 5.41) is 16.2. The van der Waals surface area contributed by atoms with E-state index in [4.69, 9.17) is 23.2 Å². The summed E-state index contributed by atoms with van der Waals surface area (Å²) in [5.41, 5.74) is 2.73. The van der Waals surface area contributed by atoms with Gasteiger partial charge in [-0.1, -0.05) is 72.8 Å². The normalized spacial score (nSPS) is 14.5. The van der Waals surface area contributed by atoms with Crippen LogP contribution in [0.15, 0.2) is 66.7 Å². The summed E-state index contributed by atoms with van der Waals surface area (Å²) in [5.74, 6) is -2.17. The standard InChI is InChI=1S/C29H28Cl2N2O4/c30-24-10-5-11-25(31)26(24)28(35)32-21-14-12-18(13-15-21)16-23(29(36)37)20-8-4-9-22(17-20)33-27(34)19-6-2-1-3-7-19/h4-5,8-15,17,19,23H,1-3,6-7,16H2,(H,32,35)(H,33,34)(H,36,37). The van der Waals surface area contributed by atoms with Crippen molar-refractivity contribution in [1.82, 2.24) is 0 Å². The van der Waals surface area contributed by atoms with E-state index >= 15 is 0 Å². The molecular weight excluding hydrogens is 511 g/mol. The Morgan fingerprint density at radius 2 is 1.49 bits per heavy atom. The van der Waals surface area contributed by atoms with E-state index in [1.54, 1.807) is 66.7 Å². The largest absolute Gasteiger partial charge is 0.481 e. The molecule has 3 aromatic rings. The molecule has 0 saturated heterocycles. The van der Waals surface area contributed by atoms with Gasteiger partial charge in [0.1, 0.15) is 0 Å². The molecule has 37 heavy (non-hydrogen) atoms. The first-order valence-corrected chi connectivity index (χ1v) is 13.1. The zero-order valence-electron chi connectivity index (χ0n) is 20.2. The highest BCUT2D eigenvalue weighted by Crippen LogP contribution is 2.28. The third-order valence-electron chi connectivity index (χ3n) is 6.67. The lowest BCUT2D eigenvalue weighted by Gasteiger charge is -2.21. The lowest BCUT2D eigenvalue weighted by atomic mass is 9.88. The molecule has 0 spiro atoms. The third-order valence-corrected chi connectivity index (χ3v) is 7.30. The van der Waals surface area contributed by atoms with Gasteiger partial charge in [0, 0.05) is 17.3 Å². The molecule has 0 bridgehead atoms. The van der Waals surface area contributed by atoms with E-state index in [0.29, 0.717) is 16.9 Å². The summed E-state index contributed by atoms with van der Waals surface area (Å²) in [7, 11) is 0. The van der Waals surface area contributed by atoms with Gasteiger partial charge >= 0.3 is 5.97 Å². The van der Waals surface area contributed by atoms with Crippen LogP contribution < -0.4 is 10.6 Å². The van der Waals surface area contributed by atoms with E-state index in [2.05, 4.69) is 10.6 Å². The van der Waals surface area contributed by atoms with Gasteiger partial charge in [0.05, 0.1) is 21.5 Å². The number of benzene rings is 3. The lowest BCUT2D eigenvalue weighted by molar-refractivity contribution is -0.138. The zero-order chi connectivity index (χ0) is 26.4. The number of carboxylic acid groups (broad SMARTS) is 1. The van der Waals surface area contributed by atoms with E-state index in [9.17, 15) is 19.5 Å². The monoisotopic (exact) mass is 538 g/mol. The van der Waals surface area contributed by atoms with Crippen LogP contribution in [0.1, 0.15) is 59.5 Å². The maximum Gasteiger partial charge on any atom is 0.311 e. The van der Waals surface area contributed by atoms with Crippen molar-refractivity contribution in [1.29, 1.82) is 0 Å². The Bertz CT molecular complexity index is 1270. The molecule has 1 unspecified atom stereocenters. The Morgan fingerprint density at radius 1 is 0.838 bits per heavy atom. The third kappa shape index (κ3) is 6.90. The number of rotatable bonds is 8. The van der Waals surface area contributed by atoms with Gasteiger partial charge in [-0.25, -0.2) is 0 Å². The van der Waals surface area contributed by atoms with Crippen LogP contribution in [-0.4, -0.2) is 22.9 Å². The second-order valence-electron chi connectivity index (χ2n) is 9.29. The van der Waals surface area contributed by atoms with E-state index in [1.165, 1.54) is 6.42 Å². The van der Waals surface area contributed by atoms with Crippen molar-refractivity contribution >= 4 is 52.4 Å². The topological polar surface area (TPSA) is 95.5 Å². The SMILES string of the molecule is O=C(Nc1ccc(CC(C(=O)O)c2cccc(NC(=O)C3CCCCC3)c2)cc1)c1c(Cl)cccc1Cl. The molecule has 1 saturated carbocycles. The van der Waals surface area contributed by atoms with E-state index in [0.717, 1.165) is 31.2 Å². The van der Waals surface area contributed by atoms with Crippen LogP contribution in [0.25, 0.3) is 0 Å². The Kier molecular flexibility index (Phi) is 8.85. The predicted molar refractivity (Wildman–Crippen MR) is 147 cm³/mol.